The summed E-state index contributed by atoms with van der Waals surface area (Å²) in [6, 6.07) is 6.75. The maximum atomic E-state index is 13.7. The van der Waals surface area contributed by atoms with Crippen molar-refractivity contribution in [3.63, 3.8) is 0 Å². The molecular weight excluding hydrogens is 524 g/mol. The third-order valence-corrected chi connectivity index (χ3v) is 6.97. The van der Waals surface area contributed by atoms with Gasteiger partial charge in [0.1, 0.15) is 23.5 Å². The smallest absolute Gasteiger partial charge is 0.434 e. The summed E-state index contributed by atoms with van der Waals surface area (Å²) < 4.78 is 17.7. The predicted octanol–water partition coefficient (Wildman–Crippen LogP) is 4.61. The zero-order valence-corrected chi connectivity index (χ0v) is 22.4. The van der Waals surface area contributed by atoms with Crippen molar-refractivity contribution < 1.29 is 23.9 Å². The molecule has 2 aromatic heterocycles. The standard InChI is InChI=1S/C25H28N8O7/c1-15-11-18(38-4)5-6-19(15)30(25(34)40-16(2)21-13-27-24(29(21)3)33(36)37)23-12-20-22(14-26-23)31(20)32(28-35)17-7-9-39-10-8-17/h5-6,11-14,16-17H,7-10H2,1-4H3. The molecule has 4 heterocycles. The molecular formula is C25H28N8O7. The van der Waals surface area contributed by atoms with Crippen LogP contribution in [0, 0.1) is 21.9 Å². The van der Waals surface area contributed by atoms with E-state index in [1.807, 2.05) is 6.92 Å². The Labute approximate surface area is 228 Å². The lowest BCUT2D eigenvalue weighted by atomic mass is 10.1. The molecule has 1 atom stereocenters. The number of aryl methyl sites for hydroxylation is 1. The molecule has 40 heavy (non-hydrogen) atoms. The largest absolute Gasteiger partial charge is 0.497 e. The first-order chi connectivity index (χ1) is 19.2. The number of anilines is 4. The van der Waals surface area contributed by atoms with E-state index in [1.54, 1.807) is 49.5 Å². The van der Waals surface area contributed by atoms with E-state index >= 15 is 0 Å². The van der Waals surface area contributed by atoms with Crippen LogP contribution in [0.25, 0.3) is 0 Å². The number of nitro groups is 1. The van der Waals surface area contributed by atoms with Gasteiger partial charge in [0.2, 0.25) is 0 Å². The van der Waals surface area contributed by atoms with Gasteiger partial charge in [-0.05, 0) is 55.4 Å². The molecule has 5 rings (SSSR count). The van der Waals surface area contributed by atoms with Crippen LogP contribution < -0.4 is 14.6 Å². The van der Waals surface area contributed by atoms with E-state index in [1.165, 1.54) is 27.8 Å². The average molecular weight is 553 g/mol. The van der Waals surface area contributed by atoms with Crippen LogP contribution >= 0.6 is 0 Å². The van der Waals surface area contributed by atoms with Crippen molar-refractivity contribution in [2.75, 3.05) is 30.2 Å². The van der Waals surface area contributed by atoms with E-state index in [-0.39, 0.29) is 17.8 Å². The summed E-state index contributed by atoms with van der Waals surface area (Å²) in [5.74, 6) is 0.487. The molecule has 0 radical (unpaired) electrons. The van der Waals surface area contributed by atoms with Gasteiger partial charge in [-0.2, -0.15) is 5.12 Å². The van der Waals surface area contributed by atoms with Gasteiger partial charge in [0, 0.05) is 19.3 Å². The number of hydrogen-bond acceptors (Lipinski definition) is 11. The van der Waals surface area contributed by atoms with Gasteiger partial charge in [-0.25, -0.2) is 24.3 Å². The van der Waals surface area contributed by atoms with Gasteiger partial charge in [0.15, 0.2) is 11.8 Å². The molecule has 2 aliphatic rings. The topological polar surface area (TPSA) is 158 Å². The maximum Gasteiger partial charge on any atom is 0.434 e. The second-order valence-electron chi connectivity index (χ2n) is 9.40. The molecule has 0 spiro atoms. The van der Waals surface area contributed by atoms with Gasteiger partial charge in [0.05, 0.1) is 43.1 Å². The molecule has 3 aromatic rings. The second-order valence-corrected chi connectivity index (χ2v) is 9.40. The first-order valence-electron chi connectivity index (χ1n) is 12.6. The number of carbonyl (C=O) groups is 1. The number of aromatic nitrogens is 3. The SMILES string of the molecule is COc1ccc(N(C(=O)OC(C)c2cnc([N+](=O)[O-])n2C)c2cc3c(cn2)N3N(N=O)C2CCOCC2)c(C)c1. The first-order valence-corrected chi connectivity index (χ1v) is 12.6. The molecule has 0 aliphatic carbocycles. The molecule has 1 fully saturated rings. The molecule has 210 valence electrons. The number of methoxy groups -OCH3 is 1. The van der Waals surface area contributed by atoms with Crippen LogP contribution in [0.3, 0.4) is 0 Å². The number of nitrogens with zero attached hydrogens (tertiary/aromatic N) is 8. The van der Waals surface area contributed by atoms with Crippen molar-refractivity contribution in [2.24, 2.45) is 12.3 Å². The van der Waals surface area contributed by atoms with Crippen LogP contribution in [0.15, 0.2) is 41.9 Å². The summed E-state index contributed by atoms with van der Waals surface area (Å²) in [5, 5.41) is 17.5. The Morgan fingerprint density at radius 3 is 2.60 bits per heavy atom. The van der Waals surface area contributed by atoms with Gasteiger partial charge in [-0.15, -0.1) is 4.91 Å². The number of amides is 1. The fourth-order valence-corrected chi connectivity index (χ4v) is 4.80. The lowest BCUT2D eigenvalue weighted by Gasteiger charge is -2.30. The third-order valence-electron chi connectivity index (χ3n) is 6.97. The van der Waals surface area contributed by atoms with Crippen molar-refractivity contribution in [1.29, 1.82) is 0 Å². The van der Waals surface area contributed by atoms with Crippen LogP contribution in [0.4, 0.5) is 33.6 Å². The molecule has 15 heteroatoms. The van der Waals surface area contributed by atoms with E-state index in [2.05, 4.69) is 15.3 Å². The number of nitroso groups, excluding NO2 is 1. The Balaban J connectivity index is 1.46. The van der Waals surface area contributed by atoms with Crippen LogP contribution in [0.1, 0.15) is 37.1 Å². The molecule has 1 saturated heterocycles. The molecule has 2 aliphatic heterocycles. The van der Waals surface area contributed by atoms with E-state index in [0.29, 0.717) is 60.1 Å². The van der Waals surface area contributed by atoms with Crippen LogP contribution in [-0.4, -0.2) is 57.0 Å². The number of benzene rings is 1. The van der Waals surface area contributed by atoms with Crippen LogP contribution in [0.5, 0.6) is 5.75 Å². The number of fused-ring (bicyclic) bond motifs is 1. The Kier molecular flexibility index (Phi) is 7.21. The predicted molar refractivity (Wildman–Crippen MR) is 142 cm³/mol. The molecule has 0 saturated carbocycles. The summed E-state index contributed by atoms with van der Waals surface area (Å²) in [5.41, 5.74) is 2.92. The highest BCUT2D eigenvalue weighted by molar-refractivity contribution is 6.00. The fourth-order valence-electron chi connectivity index (χ4n) is 4.80. The molecule has 1 unspecified atom stereocenters. The lowest BCUT2D eigenvalue weighted by Crippen LogP contribution is -2.40. The number of pyridine rings is 1. The summed E-state index contributed by atoms with van der Waals surface area (Å²) in [6.45, 7) is 4.49. The molecule has 1 amide bonds. The molecule has 15 nitrogen and oxygen atoms in total. The van der Waals surface area contributed by atoms with Crippen molar-refractivity contribution in [2.45, 2.75) is 38.8 Å². The fraction of sp³-hybridized carbons (Fsp3) is 0.400. The summed E-state index contributed by atoms with van der Waals surface area (Å²) in [7, 11) is 3.02. The van der Waals surface area contributed by atoms with Gasteiger partial charge in [-0.3, -0.25) is 0 Å². The van der Waals surface area contributed by atoms with Gasteiger partial charge in [0.25, 0.3) is 0 Å². The minimum Gasteiger partial charge on any atom is -0.497 e. The normalized spacial score (nSPS) is 15.2. The van der Waals surface area contributed by atoms with Crippen molar-refractivity contribution in [3.8, 4) is 5.75 Å². The monoisotopic (exact) mass is 552 g/mol. The second kappa shape index (κ2) is 10.8. The number of hydrogen-bond donors (Lipinski definition) is 0. The third kappa shape index (κ3) is 4.86. The molecule has 0 bridgehead atoms. The summed E-state index contributed by atoms with van der Waals surface area (Å²) in [4.78, 5) is 45.7. The lowest BCUT2D eigenvalue weighted by molar-refractivity contribution is -0.396. The first kappa shape index (κ1) is 26.8. The number of ether oxygens (including phenoxy) is 3. The highest BCUT2D eigenvalue weighted by atomic mass is 16.6. The molecule has 0 N–H and O–H groups in total. The summed E-state index contributed by atoms with van der Waals surface area (Å²) >= 11 is 0. The van der Waals surface area contributed by atoms with Crippen molar-refractivity contribution >= 4 is 34.9 Å². The van der Waals surface area contributed by atoms with E-state index in [0.717, 1.165) is 0 Å². The Hall–Kier alpha value is -4.79. The van der Waals surface area contributed by atoms with Crippen molar-refractivity contribution in [3.05, 3.63) is 62.9 Å². The van der Waals surface area contributed by atoms with Gasteiger partial charge >= 0.3 is 12.0 Å². The Bertz CT molecular complexity index is 1450. The maximum absolute atomic E-state index is 13.7. The zero-order chi connectivity index (χ0) is 28.6. The minimum absolute atomic E-state index is 0.115. The number of rotatable bonds is 9. The Morgan fingerprint density at radius 2 is 1.98 bits per heavy atom. The highest BCUT2D eigenvalue weighted by Gasteiger charge is 2.41. The zero-order valence-electron chi connectivity index (χ0n) is 22.4. The number of imidazole rings is 1. The van der Waals surface area contributed by atoms with Crippen LogP contribution in [-0.2, 0) is 16.5 Å². The van der Waals surface area contributed by atoms with Crippen molar-refractivity contribution in [1.82, 2.24) is 19.7 Å². The minimum atomic E-state index is -0.872. The number of hydrazine groups is 1. The molecule has 1 aromatic carbocycles. The summed E-state index contributed by atoms with van der Waals surface area (Å²) in [6.07, 6.45) is 2.54. The van der Waals surface area contributed by atoms with E-state index in [9.17, 15) is 19.8 Å². The highest BCUT2D eigenvalue weighted by Crippen LogP contribution is 2.51. The van der Waals surface area contributed by atoms with Gasteiger partial charge < -0.3 is 24.3 Å². The van der Waals surface area contributed by atoms with E-state index in [4.69, 9.17) is 14.2 Å². The van der Waals surface area contributed by atoms with Crippen LogP contribution in [0.2, 0.25) is 0 Å². The average Bonchev–Trinajstić information content (AvgIpc) is 3.50. The Morgan fingerprint density at radius 1 is 1.23 bits per heavy atom. The number of carbonyl (C=O) groups excluding carboxylic acids is 1. The van der Waals surface area contributed by atoms with E-state index < -0.39 is 17.1 Å². The van der Waals surface area contributed by atoms with Gasteiger partial charge in [-0.1, -0.05) is 4.98 Å². The quantitative estimate of drug-likeness (QED) is 0.158.